The molecule has 7 heteroatoms. The lowest BCUT2D eigenvalue weighted by atomic mass is 10.2. The van der Waals surface area contributed by atoms with Crippen LogP contribution in [-0.2, 0) is 11.0 Å². The fraction of sp³-hybridized carbons (Fsp3) is 0.235. The first-order valence-electron chi connectivity index (χ1n) is 7.08. The number of hydrogen-bond donors (Lipinski definition) is 1. The largest absolute Gasteiger partial charge is 0.497 e. The van der Waals surface area contributed by atoms with E-state index in [0.717, 1.165) is 23.9 Å². The molecule has 3 nitrogen and oxygen atoms in total. The molecule has 1 amide bonds. The summed E-state index contributed by atoms with van der Waals surface area (Å²) in [6.07, 6.45) is -4.40. The molecule has 0 saturated heterocycles. The average Bonchev–Trinajstić information content (AvgIpc) is 2.54. The van der Waals surface area contributed by atoms with Crippen LogP contribution in [0.5, 0.6) is 5.75 Å². The van der Waals surface area contributed by atoms with Crippen molar-refractivity contribution < 1.29 is 22.7 Å². The number of nitrogens with one attached hydrogen (secondary N) is 1. The summed E-state index contributed by atoms with van der Waals surface area (Å²) in [5.41, 5.74) is -0.163. The van der Waals surface area contributed by atoms with E-state index in [2.05, 4.69) is 5.32 Å². The molecule has 1 atom stereocenters. The molecule has 0 heterocycles. The van der Waals surface area contributed by atoms with Crippen molar-refractivity contribution in [3.8, 4) is 5.75 Å². The normalized spacial score (nSPS) is 12.5. The number of rotatable bonds is 5. The molecule has 0 aliphatic heterocycles. The Morgan fingerprint density at radius 3 is 2.54 bits per heavy atom. The van der Waals surface area contributed by atoms with Gasteiger partial charge in [-0.2, -0.15) is 13.2 Å². The molecule has 2 aromatic carbocycles. The zero-order valence-electron chi connectivity index (χ0n) is 13.1. The summed E-state index contributed by atoms with van der Waals surface area (Å²) in [6.45, 7) is 1.64. The van der Waals surface area contributed by atoms with Gasteiger partial charge >= 0.3 is 6.18 Å². The number of benzene rings is 2. The maximum absolute atomic E-state index is 12.7. The van der Waals surface area contributed by atoms with Crippen LogP contribution in [0.4, 0.5) is 18.9 Å². The number of carbonyl (C=O) groups is 1. The Labute approximate surface area is 142 Å². The van der Waals surface area contributed by atoms with Crippen molar-refractivity contribution in [2.45, 2.75) is 23.2 Å². The van der Waals surface area contributed by atoms with Gasteiger partial charge in [0.15, 0.2) is 0 Å². The highest BCUT2D eigenvalue weighted by molar-refractivity contribution is 8.00. The summed E-state index contributed by atoms with van der Waals surface area (Å²) in [4.78, 5) is 12.6. The molecule has 24 heavy (non-hydrogen) atoms. The number of ether oxygens (including phenoxy) is 1. The molecule has 0 unspecified atom stereocenters. The minimum Gasteiger partial charge on any atom is -0.497 e. The fourth-order valence-electron chi connectivity index (χ4n) is 1.95. The number of halogens is 3. The highest BCUT2D eigenvalue weighted by Crippen LogP contribution is 2.33. The Hall–Kier alpha value is -2.15. The number of amides is 1. The molecule has 0 aliphatic carbocycles. The lowest BCUT2D eigenvalue weighted by molar-refractivity contribution is -0.137. The van der Waals surface area contributed by atoms with E-state index in [1.54, 1.807) is 37.3 Å². The summed E-state index contributed by atoms with van der Waals surface area (Å²) in [5, 5.41) is 2.16. The third-order valence-electron chi connectivity index (χ3n) is 3.18. The Morgan fingerprint density at radius 1 is 1.17 bits per heavy atom. The van der Waals surface area contributed by atoms with Crippen LogP contribution in [0.15, 0.2) is 53.4 Å². The van der Waals surface area contributed by atoms with Gasteiger partial charge in [0.2, 0.25) is 5.91 Å². The maximum Gasteiger partial charge on any atom is 0.416 e. The van der Waals surface area contributed by atoms with Gasteiger partial charge in [-0.3, -0.25) is 4.79 Å². The Bertz CT molecular complexity index is 719. The van der Waals surface area contributed by atoms with Crippen molar-refractivity contribution in [3.05, 3.63) is 54.1 Å². The number of alkyl halides is 3. The van der Waals surface area contributed by atoms with Crippen LogP contribution in [0.1, 0.15) is 12.5 Å². The van der Waals surface area contributed by atoms with E-state index in [0.29, 0.717) is 16.3 Å². The Kier molecular flexibility index (Phi) is 5.77. The highest BCUT2D eigenvalue weighted by atomic mass is 32.2. The summed E-state index contributed by atoms with van der Waals surface area (Å²) < 4.78 is 43.2. The van der Waals surface area contributed by atoms with Gasteiger partial charge in [0, 0.05) is 16.6 Å². The van der Waals surface area contributed by atoms with Crippen molar-refractivity contribution in [3.63, 3.8) is 0 Å². The second-order valence-electron chi connectivity index (χ2n) is 5.01. The number of hydrogen-bond acceptors (Lipinski definition) is 3. The molecular weight excluding hydrogens is 339 g/mol. The van der Waals surface area contributed by atoms with Crippen molar-refractivity contribution in [1.29, 1.82) is 0 Å². The molecule has 2 aromatic rings. The van der Waals surface area contributed by atoms with Crippen LogP contribution in [0, 0.1) is 0 Å². The number of methoxy groups -OCH3 is 1. The molecule has 0 aliphatic rings. The first-order valence-corrected chi connectivity index (χ1v) is 7.96. The van der Waals surface area contributed by atoms with E-state index in [4.69, 9.17) is 4.74 Å². The van der Waals surface area contributed by atoms with Gasteiger partial charge in [0.1, 0.15) is 5.75 Å². The molecular formula is C17H16F3NO2S. The summed E-state index contributed by atoms with van der Waals surface area (Å²) in [7, 11) is 1.52. The zero-order valence-corrected chi connectivity index (χ0v) is 13.9. The van der Waals surface area contributed by atoms with Gasteiger partial charge in [-0.05, 0) is 37.3 Å². The number of thioether (sulfide) groups is 1. The predicted octanol–water partition coefficient (Wildman–Crippen LogP) is 4.83. The van der Waals surface area contributed by atoms with E-state index >= 15 is 0 Å². The lowest BCUT2D eigenvalue weighted by Gasteiger charge is -2.14. The first kappa shape index (κ1) is 18.2. The quantitative estimate of drug-likeness (QED) is 0.781. The van der Waals surface area contributed by atoms with E-state index in [9.17, 15) is 18.0 Å². The van der Waals surface area contributed by atoms with Gasteiger partial charge in [0.05, 0.1) is 17.9 Å². The summed E-state index contributed by atoms with van der Waals surface area (Å²) in [5.74, 6) is 0.302. The van der Waals surface area contributed by atoms with E-state index < -0.39 is 17.0 Å². The monoisotopic (exact) mass is 355 g/mol. The molecule has 0 radical (unpaired) electrons. The average molecular weight is 355 g/mol. The van der Waals surface area contributed by atoms with Crippen LogP contribution in [0.3, 0.4) is 0 Å². The third-order valence-corrected chi connectivity index (χ3v) is 4.27. The van der Waals surface area contributed by atoms with Gasteiger partial charge in [-0.25, -0.2) is 0 Å². The molecule has 2 rings (SSSR count). The molecule has 0 bridgehead atoms. The van der Waals surface area contributed by atoms with Gasteiger partial charge in [0.25, 0.3) is 0 Å². The smallest absolute Gasteiger partial charge is 0.416 e. The van der Waals surface area contributed by atoms with Crippen LogP contribution >= 0.6 is 11.8 Å². The molecule has 0 fully saturated rings. The van der Waals surface area contributed by atoms with Gasteiger partial charge < -0.3 is 10.1 Å². The van der Waals surface area contributed by atoms with Crippen molar-refractivity contribution in [2.24, 2.45) is 0 Å². The van der Waals surface area contributed by atoms with Crippen LogP contribution < -0.4 is 10.1 Å². The second kappa shape index (κ2) is 7.61. The lowest BCUT2D eigenvalue weighted by Crippen LogP contribution is -2.22. The SMILES string of the molecule is COc1cccc(NC(=O)[C@H](C)Sc2cccc(C(F)(F)F)c2)c1. The van der Waals surface area contributed by atoms with E-state index in [1.807, 2.05) is 0 Å². The molecule has 0 saturated carbocycles. The van der Waals surface area contributed by atoms with E-state index in [1.165, 1.54) is 13.2 Å². The van der Waals surface area contributed by atoms with Gasteiger partial charge in [-0.15, -0.1) is 11.8 Å². The third kappa shape index (κ3) is 4.92. The van der Waals surface area contributed by atoms with Crippen molar-refractivity contribution in [2.75, 3.05) is 12.4 Å². The minimum atomic E-state index is -4.40. The molecule has 128 valence electrons. The maximum atomic E-state index is 12.7. The van der Waals surface area contributed by atoms with Gasteiger partial charge in [-0.1, -0.05) is 12.1 Å². The predicted molar refractivity (Wildman–Crippen MR) is 88.4 cm³/mol. The standard InChI is InChI=1S/C17H16F3NO2S/c1-11(16(22)21-13-6-4-7-14(10-13)23-2)24-15-8-3-5-12(9-15)17(18,19)20/h3-11H,1-2H3,(H,21,22)/t11-/m0/s1. The van der Waals surface area contributed by atoms with Crippen molar-refractivity contribution >= 4 is 23.4 Å². The highest BCUT2D eigenvalue weighted by Gasteiger charge is 2.30. The van der Waals surface area contributed by atoms with Crippen LogP contribution in [-0.4, -0.2) is 18.3 Å². The van der Waals surface area contributed by atoms with Crippen molar-refractivity contribution in [1.82, 2.24) is 0 Å². The number of anilines is 1. The second-order valence-corrected chi connectivity index (χ2v) is 6.42. The molecule has 0 aromatic heterocycles. The summed E-state index contributed by atoms with van der Waals surface area (Å²) >= 11 is 1.07. The minimum absolute atomic E-state index is 0.300. The summed E-state index contributed by atoms with van der Waals surface area (Å²) in [6, 6.07) is 11.8. The first-order chi connectivity index (χ1) is 11.3. The molecule has 1 N–H and O–H groups in total. The zero-order chi connectivity index (χ0) is 17.7. The van der Waals surface area contributed by atoms with Crippen LogP contribution in [0.2, 0.25) is 0 Å². The fourth-order valence-corrected chi connectivity index (χ4v) is 2.87. The topological polar surface area (TPSA) is 38.3 Å². The molecule has 0 spiro atoms. The Balaban J connectivity index is 2.03. The number of carbonyl (C=O) groups excluding carboxylic acids is 1. The Morgan fingerprint density at radius 2 is 1.88 bits per heavy atom. The van der Waals surface area contributed by atoms with E-state index in [-0.39, 0.29) is 5.91 Å². The van der Waals surface area contributed by atoms with Crippen LogP contribution in [0.25, 0.3) is 0 Å².